The first-order chi connectivity index (χ1) is 7.77. The Morgan fingerprint density at radius 2 is 2.19 bits per heavy atom. The predicted molar refractivity (Wildman–Crippen MR) is 68.5 cm³/mol. The molecule has 0 bridgehead atoms. The second-order valence-electron chi connectivity index (χ2n) is 3.94. The first-order valence-corrected chi connectivity index (χ1v) is 6.37. The van der Waals surface area contributed by atoms with Crippen LogP contribution in [0.25, 0.3) is 0 Å². The molecule has 0 amide bonds. The predicted octanol–water partition coefficient (Wildman–Crippen LogP) is 3.30. The Hall–Kier alpha value is -1.19. The van der Waals surface area contributed by atoms with E-state index in [4.69, 9.17) is 0 Å². The molecule has 1 atom stereocenters. The molecule has 84 valence electrons. The van der Waals surface area contributed by atoms with Gasteiger partial charge >= 0.3 is 0 Å². The number of thiazole rings is 1. The minimum atomic E-state index is 0.364. The quantitative estimate of drug-likeness (QED) is 0.875. The van der Waals surface area contributed by atoms with Gasteiger partial charge in [-0.25, -0.2) is 4.98 Å². The van der Waals surface area contributed by atoms with Gasteiger partial charge in [-0.2, -0.15) is 0 Å². The molecule has 1 heterocycles. The smallest absolute Gasteiger partial charge is 0.0795 e. The molecule has 2 rings (SSSR count). The zero-order valence-electron chi connectivity index (χ0n) is 9.60. The third kappa shape index (κ3) is 2.68. The Bertz CT molecular complexity index is 437. The molecule has 0 radical (unpaired) electrons. The van der Waals surface area contributed by atoms with Crippen molar-refractivity contribution in [1.82, 2.24) is 10.3 Å². The number of benzene rings is 1. The summed E-state index contributed by atoms with van der Waals surface area (Å²) in [5, 5.41) is 5.57. The Balaban J connectivity index is 1.98. The second-order valence-corrected chi connectivity index (χ2v) is 4.66. The average Bonchev–Trinajstić information content (AvgIpc) is 2.79. The molecular formula is C13H16N2S. The maximum absolute atomic E-state index is 4.26. The van der Waals surface area contributed by atoms with Crippen LogP contribution in [0.1, 0.15) is 29.8 Å². The van der Waals surface area contributed by atoms with E-state index in [1.165, 1.54) is 11.1 Å². The van der Waals surface area contributed by atoms with Crippen LogP contribution in [0, 0.1) is 6.92 Å². The number of nitrogens with zero attached hydrogens (tertiary/aromatic N) is 1. The standard InChI is InChI=1S/C13H16N2S/c1-10-5-3-4-6-13(10)11(2)14-7-12-8-16-9-15-12/h3-6,8-9,11,14H,7H2,1-2H3/t11-/m0/s1. The molecule has 2 aromatic rings. The summed E-state index contributed by atoms with van der Waals surface area (Å²) in [6, 6.07) is 8.85. The maximum atomic E-state index is 4.26. The summed E-state index contributed by atoms with van der Waals surface area (Å²) in [7, 11) is 0. The molecule has 0 spiro atoms. The van der Waals surface area contributed by atoms with Gasteiger partial charge in [-0.05, 0) is 25.0 Å². The molecule has 0 saturated carbocycles. The Morgan fingerprint density at radius 3 is 2.88 bits per heavy atom. The van der Waals surface area contributed by atoms with Gasteiger partial charge in [0.25, 0.3) is 0 Å². The second kappa shape index (κ2) is 5.23. The lowest BCUT2D eigenvalue weighted by atomic mass is 10.0. The largest absolute Gasteiger partial charge is 0.305 e. The van der Waals surface area contributed by atoms with Gasteiger partial charge in [0.15, 0.2) is 0 Å². The van der Waals surface area contributed by atoms with Crippen molar-refractivity contribution in [3.05, 3.63) is 52.0 Å². The Labute approximate surface area is 100 Å². The van der Waals surface area contributed by atoms with Crippen LogP contribution < -0.4 is 5.32 Å². The normalized spacial score (nSPS) is 12.6. The van der Waals surface area contributed by atoms with Crippen molar-refractivity contribution in [1.29, 1.82) is 0 Å². The van der Waals surface area contributed by atoms with Crippen molar-refractivity contribution < 1.29 is 0 Å². The van der Waals surface area contributed by atoms with Gasteiger partial charge in [0, 0.05) is 18.0 Å². The van der Waals surface area contributed by atoms with Gasteiger partial charge in [-0.15, -0.1) is 11.3 Å². The van der Waals surface area contributed by atoms with Crippen molar-refractivity contribution in [3.63, 3.8) is 0 Å². The van der Waals surface area contributed by atoms with Gasteiger partial charge in [0.2, 0.25) is 0 Å². The number of rotatable bonds is 4. The van der Waals surface area contributed by atoms with Crippen LogP contribution in [-0.4, -0.2) is 4.98 Å². The molecule has 2 nitrogen and oxygen atoms in total. The zero-order chi connectivity index (χ0) is 11.4. The molecular weight excluding hydrogens is 216 g/mol. The highest BCUT2D eigenvalue weighted by molar-refractivity contribution is 7.07. The number of hydrogen-bond acceptors (Lipinski definition) is 3. The SMILES string of the molecule is Cc1ccccc1[C@H](C)NCc1cscn1. The fourth-order valence-corrected chi connectivity index (χ4v) is 2.32. The third-order valence-electron chi connectivity index (χ3n) is 2.73. The molecule has 0 saturated heterocycles. The van der Waals surface area contributed by atoms with E-state index in [0.717, 1.165) is 12.2 Å². The average molecular weight is 232 g/mol. The molecule has 0 unspecified atom stereocenters. The van der Waals surface area contributed by atoms with Gasteiger partial charge in [-0.1, -0.05) is 24.3 Å². The van der Waals surface area contributed by atoms with Gasteiger partial charge < -0.3 is 5.32 Å². The van der Waals surface area contributed by atoms with E-state index in [-0.39, 0.29) is 0 Å². The van der Waals surface area contributed by atoms with Crippen LogP contribution in [0.3, 0.4) is 0 Å². The summed E-state index contributed by atoms with van der Waals surface area (Å²) < 4.78 is 0. The molecule has 1 N–H and O–H groups in total. The number of nitrogens with one attached hydrogen (secondary N) is 1. The van der Waals surface area contributed by atoms with E-state index in [0.29, 0.717) is 6.04 Å². The number of aromatic nitrogens is 1. The summed E-state index contributed by atoms with van der Waals surface area (Å²) in [4.78, 5) is 4.26. The molecule has 1 aromatic carbocycles. The summed E-state index contributed by atoms with van der Waals surface area (Å²) in [6.45, 7) is 5.17. The molecule has 0 aliphatic carbocycles. The van der Waals surface area contributed by atoms with Gasteiger partial charge in [-0.3, -0.25) is 0 Å². The lowest BCUT2D eigenvalue weighted by Gasteiger charge is -2.15. The monoisotopic (exact) mass is 232 g/mol. The van der Waals surface area contributed by atoms with Crippen molar-refractivity contribution in [2.75, 3.05) is 0 Å². The van der Waals surface area contributed by atoms with Gasteiger partial charge in [0.05, 0.1) is 11.2 Å². The summed E-state index contributed by atoms with van der Waals surface area (Å²) in [5.74, 6) is 0. The molecule has 3 heteroatoms. The summed E-state index contributed by atoms with van der Waals surface area (Å²) >= 11 is 1.64. The highest BCUT2D eigenvalue weighted by Gasteiger charge is 2.07. The van der Waals surface area contributed by atoms with Gasteiger partial charge in [0.1, 0.15) is 0 Å². The number of hydrogen-bond donors (Lipinski definition) is 1. The number of aryl methyl sites for hydroxylation is 1. The summed E-state index contributed by atoms with van der Waals surface area (Å²) in [5.41, 5.74) is 5.68. The van der Waals surface area contributed by atoms with Crippen LogP contribution in [-0.2, 0) is 6.54 Å². The van der Waals surface area contributed by atoms with Crippen LogP contribution >= 0.6 is 11.3 Å². The Morgan fingerprint density at radius 1 is 1.38 bits per heavy atom. The lowest BCUT2D eigenvalue weighted by Crippen LogP contribution is -2.18. The maximum Gasteiger partial charge on any atom is 0.0795 e. The Kier molecular flexibility index (Phi) is 3.70. The lowest BCUT2D eigenvalue weighted by molar-refractivity contribution is 0.567. The van der Waals surface area contributed by atoms with Crippen LogP contribution in [0.4, 0.5) is 0 Å². The van der Waals surface area contributed by atoms with Crippen molar-refractivity contribution >= 4 is 11.3 Å². The topological polar surface area (TPSA) is 24.9 Å². The first-order valence-electron chi connectivity index (χ1n) is 5.43. The molecule has 0 fully saturated rings. The van der Waals surface area contributed by atoms with Crippen molar-refractivity contribution in [2.24, 2.45) is 0 Å². The molecule has 0 aliphatic heterocycles. The third-order valence-corrected chi connectivity index (χ3v) is 3.36. The zero-order valence-corrected chi connectivity index (χ0v) is 10.4. The van der Waals surface area contributed by atoms with Crippen molar-refractivity contribution in [3.8, 4) is 0 Å². The van der Waals surface area contributed by atoms with Crippen LogP contribution in [0.15, 0.2) is 35.2 Å². The van der Waals surface area contributed by atoms with Crippen molar-refractivity contribution in [2.45, 2.75) is 26.4 Å². The fraction of sp³-hybridized carbons (Fsp3) is 0.308. The van der Waals surface area contributed by atoms with E-state index in [1.807, 2.05) is 5.51 Å². The minimum Gasteiger partial charge on any atom is -0.305 e. The van der Waals surface area contributed by atoms with E-state index < -0.39 is 0 Å². The fourth-order valence-electron chi connectivity index (χ4n) is 1.77. The minimum absolute atomic E-state index is 0.364. The van der Waals surface area contributed by atoms with Crippen LogP contribution in [0.5, 0.6) is 0 Å². The molecule has 16 heavy (non-hydrogen) atoms. The van der Waals surface area contributed by atoms with E-state index in [9.17, 15) is 0 Å². The van der Waals surface area contributed by atoms with E-state index >= 15 is 0 Å². The molecule has 0 aliphatic rings. The first kappa shape index (κ1) is 11.3. The summed E-state index contributed by atoms with van der Waals surface area (Å²) in [6.07, 6.45) is 0. The van der Waals surface area contributed by atoms with E-state index in [1.54, 1.807) is 11.3 Å². The van der Waals surface area contributed by atoms with Crippen LogP contribution in [0.2, 0.25) is 0 Å². The highest BCUT2D eigenvalue weighted by atomic mass is 32.1. The van der Waals surface area contributed by atoms with E-state index in [2.05, 4.69) is 53.8 Å². The molecule has 1 aromatic heterocycles. The highest BCUT2D eigenvalue weighted by Crippen LogP contribution is 2.17.